The van der Waals surface area contributed by atoms with E-state index in [1.165, 1.54) is 12.8 Å². The van der Waals surface area contributed by atoms with Crippen LogP contribution >= 0.6 is 11.3 Å². The van der Waals surface area contributed by atoms with Gasteiger partial charge in [0.1, 0.15) is 5.01 Å². The molecule has 0 atom stereocenters. The topological polar surface area (TPSA) is 56.7 Å². The van der Waals surface area contributed by atoms with E-state index in [1.54, 1.807) is 11.3 Å². The molecule has 0 unspecified atom stereocenters. The molecule has 15 heavy (non-hydrogen) atoms. The third-order valence-corrected chi connectivity index (χ3v) is 3.62. The van der Waals surface area contributed by atoms with E-state index in [-0.39, 0.29) is 0 Å². The van der Waals surface area contributed by atoms with Gasteiger partial charge in [-0.1, -0.05) is 0 Å². The lowest BCUT2D eigenvalue weighted by Crippen LogP contribution is -1.93. The maximum Gasteiger partial charge on any atom is 0.141 e. The van der Waals surface area contributed by atoms with Crippen LogP contribution in [0.3, 0.4) is 0 Å². The van der Waals surface area contributed by atoms with Gasteiger partial charge in [0.05, 0.1) is 18.2 Å². The normalized spacial score (nSPS) is 15.8. The molecule has 2 heterocycles. The molecule has 0 saturated heterocycles. The highest BCUT2D eigenvalue weighted by atomic mass is 32.1. The van der Waals surface area contributed by atoms with E-state index in [0.717, 1.165) is 15.6 Å². The second-order valence-electron chi connectivity index (χ2n) is 3.75. The van der Waals surface area contributed by atoms with Crippen molar-refractivity contribution in [3.63, 3.8) is 0 Å². The molecule has 0 bridgehead atoms. The summed E-state index contributed by atoms with van der Waals surface area (Å²) in [6, 6.07) is 0.646. The largest absolute Gasteiger partial charge is 0.326 e. The summed E-state index contributed by atoms with van der Waals surface area (Å²) in [5.74, 6) is 0. The first kappa shape index (κ1) is 9.06. The number of nitrogens with zero attached hydrogens (tertiary/aromatic N) is 3. The van der Waals surface area contributed by atoms with Gasteiger partial charge in [0.25, 0.3) is 0 Å². The lowest BCUT2D eigenvalue weighted by Gasteiger charge is -2.02. The second kappa shape index (κ2) is 3.43. The smallest absolute Gasteiger partial charge is 0.141 e. The third-order valence-electron chi connectivity index (χ3n) is 2.58. The lowest BCUT2D eigenvalue weighted by atomic mass is 10.4. The first-order valence-corrected chi connectivity index (χ1v) is 5.87. The van der Waals surface area contributed by atoms with Gasteiger partial charge in [-0.3, -0.25) is 0 Å². The summed E-state index contributed by atoms with van der Waals surface area (Å²) in [6.07, 6.45) is 8.16. The summed E-state index contributed by atoms with van der Waals surface area (Å²) in [5, 5.41) is 1.03. The van der Waals surface area contributed by atoms with Crippen LogP contribution < -0.4 is 5.73 Å². The number of rotatable bonds is 3. The SMILES string of the molecule is NCc1cnc(-c2cncn2C2CC2)s1. The van der Waals surface area contributed by atoms with Crippen LogP contribution in [0.5, 0.6) is 0 Å². The second-order valence-corrected chi connectivity index (χ2v) is 4.87. The summed E-state index contributed by atoms with van der Waals surface area (Å²) in [7, 11) is 0. The van der Waals surface area contributed by atoms with Gasteiger partial charge in [0.15, 0.2) is 0 Å². The van der Waals surface area contributed by atoms with Crippen LogP contribution in [0.15, 0.2) is 18.7 Å². The van der Waals surface area contributed by atoms with E-state index in [9.17, 15) is 0 Å². The number of thiazole rings is 1. The highest BCUT2D eigenvalue weighted by Crippen LogP contribution is 2.38. The van der Waals surface area contributed by atoms with Gasteiger partial charge in [-0.2, -0.15) is 0 Å². The van der Waals surface area contributed by atoms with Crippen molar-refractivity contribution in [3.05, 3.63) is 23.6 Å². The quantitative estimate of drug-likeness (QED) is 0.858. The van der Waals surface area contributed by atoms with Gasteiger partial charge in [-0.15, -0.1) is 11.3 Å². The van der Waals surface area contributed by atoms with Gasteiger partial charge < -0.3 is 10.3 Å². The van der Waals surface area contributed by atoms with Crippen LogP contribution in [0.2, 0.25) is 0 Å². The molecule has 5 heteroatoms. The lowest BCUT2D eigenvalue weighted by molar-refractivity contribution is 0.747. The fraction of sp³-hybridized carbons (Fsp3) is 0.400. The minimum Gasteiger partial charge on any atom is -0.326 e. The summed E-state index contributed by atoms with van der Waals surface area (Å²) < 4.78 is 2.22. The maximum absolute atomic E-state index is 5.57. The Morgan fingerprint density at radius 1 is 1.47 bits per heavy atom. The number of hydrogen-bond acceptors (Lipinski definition) is 4. The predicted molar refractivity (Wildman–Crippen MR) is 59.5 cm³/mol. The summed E-state index contributed by atoms with van der Waals surface area (Å²) in [5.41, 5.74) is 6.70. The average molecular weight is 220 g/mol. The molecule has 1 aliphatic rings. The molecule has 2 N–H and O–H groups in total. The molecular formula is C10H12N4S. The zero-order valence-electron chi connectivity index (χ0n) is 8.26. The molecular weight excluding hydrogens is 208 g/mol. The highest BCUT2D eigenvalue weighted by molar-refractivity contribution is 7.14. The molecule has 0 spiro atoms. The Morgan fingerprint density at radius 2 is 2.33 bits per heavy atom. The fourth-order valence-electron chi connectivity index (χ4n) is 1.63. The van der Waals surface area contributed by atoms with Crippen molar-refractivity contribution in [1.82, 2.24) is 14.5 Å². The Morgan fingerprint density at radius 3 is 3.00 bits per heavy atom. The zero-order chi connectivity index (χ0) is 10.3. The first-order valence-electron chi connectivity index (χ1n) is 5.05. The maximum atomic E-state index is 5.57. The van der Waals surface area contributed by atoms with E-state index < -0.39 is 0 Å². The van der Waals surface area contributed by atoms with Crippen LogP contribution in [0.4, 0.5) is 0 Å². The van der Waals surface area contributed by atoms with Gasteiger partial charge in [-0.25, -0.2) is 9.97 Å². The molecule has 1 saturated carbocycles. The molecule has 0 aliphatic heterocycles. The molecule has 2 aromatic heterocycles. The first-order chi connectivity index (χ1) is 7.38. The summed E-state index contributed by atoms with van der Waals surface area (Å²) in [6.45, 7) is 0.565. The molecule has 2 aromatic rings. The van der Waals surface area contributed by atoms with Gasteiger partial charge in [0, 0.05) is 23.7 Å². The third kappa shape index (κ3) is 1.57. The van der Waals surface area contributed by atoms with Gasteiger partial charge in [-0.05, 0) is 12.8 Å². The van der Waals surface area contributed by atoms with Gasteiger partial charge >= 0.3 is 0 Å². The van der Waals surface area contributed by atoms with E-state index in [2.05, 4.69) is 14.5 Å². The molecule has 4 nitrogen and oxygen atoms in total. The molecule has 78 valence electrons. The molecule has 3 rings (SSSR count). The van der Waals surface area contributed by atoms with Crippen molar-refractivity contribution < 1.29 is 0 Å². The Hall–Kier alpha value is -1.20. The van der Waals surface area contributed by atoms with Crippen molar-refractivity contribution >= 4 is 11.3 Å². The van der Waals surface area contributed by atoms with Gasteiger partial charge in [0.2, 0.25) is 0 Å². The van der Waals surface area contributed by atoms with Crippen molar-refractivity contribution in [2.24, 2.45) is 5.73 Å². The fourth-order valence-corrected chi connectivity index (χ4v) is 2.44. The number of imidazole rings is 1. The number of aromatic nitrogens is 3. The Labute approximate surface area is 91.8 Å². The average Bonchev–Trinajstić information content (AvgIpc) is 2.83. The standard InChI is InChI=1S/C10H12N4S/c11-3-8-4-13-10(15-8)9-5-12-6-14(9)7-1-2-7/h4-7H,1-3,11H2. The van der Waals surface area contributed by atoms with E-state index in [0.29, 0.717) is 12.6 Å². The predicted octanol–water partition coefficient (Wildman–Crippen LogP) is 1.80. The van der Waals surface area contributed by atoms with Crippen molar-refractivity contribution in [1.29, 1.82) is 0 Å². The van der Waals surface area contributed by atoms with Crippen molar-refractivity contribution in [2.75, 3.05) is 0 Å². The molecule has 1 aliphatic carbocycles. The molecule has 1 fully saturated rings. The summed E-state index contributed by atoms with van der Waals surface area (Å²) in [4.78, 5) is 9.69. The Balaban J connectivity index is 2.00. The van der Waals surface area contributed by atoms with E-state index in [1.807, 2.05) is 18.7 Å². The summed E-state index contributed by atoms with van der Waals surface area (Å²) >= 11 is 1.65. The van der Waals surface area contributed by atoms with E-state index >= 15 is 0 Å². The van der Waals surface area contributed by atoms with Crippen molar-refractivity contribution in [3.8, 4) is 10.7 Å². The monoisotopic (exact) mass is 220 g/mol. The van der Waals surface area contributed by atoms with Crippen LogP contribution in [-0.4, -0.2) is 14.5 Å². The van der Waals surface area contributed by atoms with Crippen LogP contribution in [-0.2, 0) is 6.54 Å². The Kier molecular flexibility index (Phi) is 2.07. The molecule has 0 aromatic carbocycles. The minimum atomic E-state index is 0.565. The minimum absolute atomic E-state index is 0.565. The van der Waals surface area contributed by atoms with E-state index in [4.69, 9.17) is 5.73 Å². The molecule has 0 radical (unpaired) electrons. The number of nitrogens with two attached hydrogens (primary N) is 1. The van der Waals surface area contributed by atoms with Crippen LogP contribution in [0.1, 0.15) is 23.8 Å². The number of hydrogen-bond donors (Lipinski definition) is 1. The Bertz CT molecular complexity index is 469. The van der Waals surface area contributed by atoms with Crippen molar-refractivity contribution in [2.45, 2.75) is 25.4 Å². The van der Waals surface area contributed by atoms with Crippen LogP contribution in [0, 0.1) is 0 Å². The highest BCUT2D eigenvalue weighted by Gasteiger charge is 2.26. The molecule has 0 amide bonds. The zero-order valence-corrected chi connectivity index (χ0v) is 9.07. The van der Waals surface area contributed by atoms with Crippen LogP contribution in [0.25, 0.3) is 10.7 Å².